The van der Waals surface area contributed by atoms with Gasteiger partial charge in [-0.05, 0) is 18.1 Å². The lowest BCUT2D eigenvalue weighted by Crippen LogP contribution is -2.13. The number of nitro groups is 1. The summed E-state index contributed by atoms with van der Waals surface area (Å²) in [5, 5.41) is 15.8. The largest absolute Gasteiger partial charge is 0.380 e. The first kappa shape index (κ1) is 14.3. The maximum atomic E-state index is 11.5. The fraction of sp³-hybridized carbons (Fsp3) is 0.308. The van der Waals surface area contributed by atoms with Crippen molar-refractivity contribution < 1.29 is 4.92 Å². The van der Waals surface area contributed by atoms with Gasteiger partial charge < -0.3 is 9.88 Å². The van der Waals surface area contributed by atoms with E-state index in [0.717, 1.165) is 23.3 Å². The van der Waals surface area contributed by atoms with E-state index in [0.29, 0.717) is 18.8 Å². The molecule has 0 aliphatic heterocycles. The van der Waals surface area contributed by atoms with E-state index in [1.807, 2.05) is 6.92 Å². The van der Waals surface area contributed by atoms with E-state index in [4.69, 9.17) is 0 Å². The highest BCUT2D eigenvalue weighted by Gasteiger charge is 2.14. The quantitative estimate of drug-likeness (QED) is 0.656. The molecule has 0 aliphatic carbocycles. The van der Waals surface area contributed by atoms with Gasteiger partial charge >= 0.3 is 4.87 Å². The Hall–Kier alpha value is -2.15. The third kappa shape index (κ3) is 3.24. The zero-order chi connectivity index (χ0) is 14.5. The number of nitro benzene ring substituents is 1. The second-order valence-corrected chi connectivity index (χ2v) is 5.19. The van der Waals surface area contributed by atoms with Crippen LogP contribution in [-0.2, 0) is 6.54 Å². The number of hydrogen-bond donors (Lipinski definition) is 1. The molecule has 20 heavy (non-hydrogen) atoms. The van der Waals surface area contributed by atoms with Crippen LogP contribution in [0.1, 0.15) is 18.9 Å². The smallest absolute Gasteiger partial charge is 0.307 e. The molecule has 0 bridgehead atoms. The monoisotopic (exact) mass is 293 g/mol. The summed E-state index contributed by atoms with van der Waals surface area (Å²) in [7, 11) is 0. The summed E-state index contributed by atoms with van der Waals surface area (Å²) in [6.45, 7) is 3.03. The number of nitrogens with one attached hydrogen (secondary N) is 1. The second kappa shape index (κ2) is 6.33. The number of rotatable bonds is 6. The summed E-state index contributed by atoms with van der Waals surface area (Å²) in [6.07, 6.45) is 2.57. The first-order valence-electron chi connectivity index (χ1n) is 6.27. The Morgan fingerprint density at radius 2 is 2.25 bits per heavy atom. The highest BCUT2D eigenvalue weighted by Crippen LogP contribution is 2.25. The molecule has 0 amide bonds. The Labute approximate surface area is 119 Å². The van der Waals surface area contributed by atoms with Gasteiger partial charge in [-0.2, -0.15) is 0 Å². The van der Waals surface area contributed by atoms with E-state index in [1.54, 1.807) is 23.7 Å². The lowest BCUT2D eigenvalue weighted by Gasteiger charge is -2.08. The number of nitrogens with zero attached hydrogens (tertiary/aromatic N) is 2. The molecule has 0 aliphatic rings. The number of benzene rings is 1. The van der Waals surface area contributed by atoms with Crippen LogP contribution in [0.5, 0.6) is 0 Å². The Morgan fingerprint density at radius 3 is 2.85 bits per heavy atom. The Morgan fingerprint density at radius 1 is 1.45 bits per heavy atom. The SMILES string of the molecule is CCCNc1ccc(Cn2ccsc2=O)cc1[N+](=O)[O-]. The summed E-state index contributed by atoms with van der Waals surface area (Å²) >= 11 is 1.11. The van der Waals surface area contributed by atoms with E-state index in [-0.39, 0.29) is 10.6 Å². The predicted molar refractivity (Wildman–Crippen MR) is 79.6 cm³/mol. The molecule has 2 aromatic rings. The molecule has 0 atom stereocenters. The van der Waals surface area contributed by atoms with Gasteiger partial charge in [-0.3, -0.25) is 14.9 Å². The summed E-state index contributed by atoms with van der Waals surface area (Å²) in [5.41, 5.74) is 1.29. The van der Waals surface area contributed by atoms with Crippen molar-refractivity contribution in [3.8, 4) is 0 Å². The van der Waals surface area contributed by atoms with E-state index in [9.17, 15) is 14.9 Å². The fourth-order valence-electron chi connectivity index (χ4n) is 1.84. The molecule has 0 fully saturated rings. The van der Waals surface area contributed by atoms with Crippen molar-refractivity contribution in [3.63, 3.8) is 0 Å². The van der Waals surface area contributed by atoms with E-state index >= 15 is 0 Å². The zero-order valence-corrected chi connectivity index (χ0v) is 11.9. The van der Waals surface area contributed by atoms with Crippen LogP contribution in [0.15, 0.2) is 34.6 Å². The Bertz CT molecular complexity index is 663. The molecule has 2 rings (SSSR count). The molecule has 0 unspecified atom stereocenters. The molecular formula is C13H15N3O3S. The number of aromatic nitrogens is 1. The third-order valence-corrected chi connectivity index (χ3v) is 3.52. The standard InChI is InChI=1S/C13H15N3O3S/c1-2-5-14-11-4-3-10(8-12(11)16(18)19)9-15-6-7-20-13(15)17/h3-4,6-8,14H,2,5,9H2,1H3. The molecule has 106 valence electrons. The van der Waals surface area contributed by atoms with Gasteiger partial charge in [0.05, 0.1) is 11.5 Å². The van der Waals surface area contributed by atoms with Gasteiger partial charge in [-0.1, -0.05) is 24.3 Å². The lowest BCUT2D eigenvalue weighted by atomic mass is 10.1. The first-order valence-corrected chi connectivity index (χ1v) is 7.15. The van der Waals surface area contributed by atoms with Crippen LogP contribution in [-0.4, -0.2) is 16.0 Å². The number of thiazole rings is 1. The molecule has 0 saturated heterocycles. The summed E-state index contributed by atoms with van der Waals surface area (Å²) in [4.78, 5) is 22.1. The summed E-state index contributed by atoms with van der Waals surface area (Å²) in [5.74, 6) is 0. The molecule has 0 saturated carbocycles. The van der Waals surface area contributed by atoms with Crippen molar-refractivity contribution in [1.82, 2.24) is 4.57 Å². The van der Waals surface area contributed by atoms with Crippen molar-refractivity contribution in [2.75, 3.05) is 11.9 Å². The average molecular weight is 293 g/mol. The molecule has 7 heteroatoms. The number of anilines is 1. The van der Waals surface area contributed by atoms with Crippen molar-refractivity contribution in [1.29, 1.82) is 0 Å². The molecule has 0 spiro atoms. The minimum atomic E-state index is -0.405. The highest BCUT2D eigenvalue weighted by molar-refractivity contribution is 7.07. The number of hydrogen-bond acceptors (Lipinski definition) is 5. The average Bonchev–Trinajstić information content (AvgIpc) is 2.82. The molecule has 6 nitrogen and oxygen atoms in total. The zero-order valence-electron chi connectivity index (χ0n) is 11.0. The normalized spacial score (nSPS) is 10.4. The molecule has 1 N–H and O–H groups in total. The van der Waals surface area contributed by atoms with Gasteiger partial charge in [0.2, 0.25) is 0 Å². The van der Waals surface area contributed by atoms with E-state index in [2.05, 4.69) is 5.32 Å². The highest BCUT2D eigenvalue weighted by atomic mass is 32.1. The minimum Gasteiger partial charge on any atom is -0.380 e. The third-order valence-electron chi connectivity index (χ3n) is 2.82. The maximum Gasteiger partial charge on any atom is 0.307 e. The van der Waals surface area contributed by atoms with Crippen LogP contribution in [0.4, 0.5) is 11.4 Å². The Balaban J connectivity index is 2.28. The van der Waals surface area contributed by atoms with Crippen LogP contribution < -0.4 is 10.2 Å². The van der Waals surface area contributed by atoms with Crippen LogP contribution >= 0.6 is 11.3 Å². The van der Waals surface area contributed by atoms with Gasteiger partial charge in [-0.25, -0.2) is 0 Å². The second-order valence-electron chi connectivity index (χ2n) is 4.33. The van der Waals surface area contributed by atoms with Crippen molar-refractivity contribution >= 4 is 22.7 Å². The van der Waals surface area contributed by atoms with Crippen molar-refractivity contribution in [3.05, 3.63) is 55.1 Å². The molecule has 1 heterocycles. The van der Waals surface area contributed by atoms with Crippen LogP contribution in [0.2, 0.25) is 0 Å². The molecule has 1 aromatic carbocycles. The fourth-order valence-corrected chi connectivity index (χ4v) is 2.43. The maximum absolute atomic E-state index is 11.5. The lowest BCUT2D eigenvalue weighted by molar-refractivity contribution is -0.384. The van der Waals surface area contributed by atoms with Crippen molar-refractivity contribution in [2.45, 2.75) is 19.9 Å². The van der Waals surface area contributed by atoms with Crippen molar-refractivity contribution in [2.24, 2.45) is 0 Å². The topological polar surface area (TPSA) is 77.2 Å². The molecule has 0 radical (unpaired) electrons. The predicted octanol–water partition coefficient (Wildman–Crippen LogP) is 2.69. The molecule has 1 aromatic heterocycles. The minimum absolute atomic E-state index is 0.0410. The van der Waals surface area contributed by atoms with Gasteiger partial charge in [0.1, 0.15) is 5.69 Å². The Kier molecular flexibility index (Phi) is 4.52. The summed E-state index contributed by atoms with van der Waals surface area (Å²) < 4.78 is 1.53. The van der Waals surface area contributed by atoms with E-state index in [1.165, 1.54) is 10.6 Å². The van der Waals surface area contributed by atoms with Gasteiger partial charge in [0.15, 0.2) is 0 Å². The first-order chi connectivity index (χ1) is 9.61. The van der Waals surface area contributed by atoms with Crippen LogP contribution in [0.3, 0.4) is 0 Å². The molecular weight excluding hydrogens is 278 g/mol. The van der Waals surface area contributed by atoms with E-state index < -0.39 is 4.92 Å². The van der Waals surface area contributed by atoms with Crippen LogP contribution in [0.25, 0.3) is 0 Å². The van der Waals surface area contributed by atoms with Gasteiger partial charge in [0, 0.05) is 24.2 Å². The van der Waals surface area contributed by atoms with Crippen LogP contribution in [0, 0.1) is 10.1 Å². The van der Waals surface area contributed by atoms with Gasteiger partial charge in [-0.15, -0.1) is 0 Å². The summed E-state index contributed by atoms with van der Waals surface area (Å²) in [6, 6.07) is 5.01. The van der Waals surface area contributed by atoms with Gasteiger partial charge in [0.25, 0.3) is 5.69 Å².